The molecule has 0 aliphatic carbocycles. The summed E-state index contributed by atoms with van der Waals surface area (Å²) in [6, 6.07) is 10.1. The lowest BCUT2D eigenvalue weighted by molar-refractivity contribution is -0.127. The third-order valence-electron chi connectivity index (χ3n) is 3.87. The number of likely N-dealkylation sites (N-methyl/N-ethyl adjacent to an activating group) is 1. The van der Waals surface area contributed by atoms with Crippen molar-refractivity contribution in [1.82, 2.24) is 25.3 Å². The van der Waals surface area contributed by atoms with E-state index in [1.165, 1.54) is 5.56 Å². The first-order valence-electron chi connectivity index (χ1n) is 8.86. The molecule has 27 heavy (non-hydrogen) atoms. The van der Waals surface area contributed by atoms with Crippen molar-refractivity contribution in [2.45, 2.75) is 26.4 Å². The predicted molar refractivity (Wildman–Crippen MR) is 119 cm³/mol. The maximum absolute atomic E-state index is 11.8. The van der Waals surface area contributed by atoms with E-state index >= 15 is 0 Å². The van der Waals surface area contributed by atoms with Crippen LogP contribution in [0.4, 0.5) is 0 Å². The van der Waals surface area contributed by atoms with Gasteiger partial charge in [-0.05, 0) is 23.6 Å². The molecule has 148 valence electrons. The third-order valence-corrected chi connectivity index (χ3v) is 3.87. The van der Waals surface area contributed by atoms with Crippen LogP contribution in [-0.2, 0) is 17.9 Å². The van der Waals surface area contributed by atoms with Gasteiger partial charge in [-0.3, -0.25) is 9.48 Å². The monoisotopic (exact) mass is 484 g/mol. The minimum absolute atomic E-state index is 0. The number of nitrogens with zero attached hydrogens (tertiary/aromatic N) is 4. The third kappa shape index (κ3) is 7.98. The van der Waals surface area contributed by atoms with Crippen molar-refractivity contribution in [3.05, 3.63) is 53.9 Å². The molecule has 7 nitrogen and oxygen atoms in total. The van der Waals surface area contributed by atoms with Crippen molar-refractivity contribution < 1.29 is 4.79 Å². The van der Waals surface area contributed by atoms with Crippen LogP contribution < -0.4 is 10.6 Å². The molecule has 2 N–H and O–H groups in total. The molecule has 1 amide bonds. The highest BCUT2D eigenvalue weighted by molar-refractivity contribution is 14.0. The second-order valence-electron chi connectivity index (χ2n) is 6.21. The lowest BCUT2D eigenvalue weighted by Crippen LogP contribution is -2.43. The number of benzene rings is 1. The van der Waals surface area contributed by atoms with Crippen LogP contribution in [0.1, 0.15) is 24.5 Å². The van der Waals surface area contributed by atoms with Crippen LogP contribution in [0.3, 0.4) is 0 Å². The molecule has 1 heterocycles. The van der Waals surface area contributed by atoms with Crippen molar-refractivity contribution in [3.63, 3.8) is 0 Å². The molecule has 0 fully saturated rings. The zero-order chi connectivity index (χ0) is 18.8. The van der Waals surface area contributed by atoms with E-state index in [9.17, 15) is 4.79 Å². The van der Waals surface area contributed by atoms with Crippen LogP contribution in [0.5, 0.6) is 0 Å². The number of carbonyl (C=O) groups is 1. The summed E-state index contributed by atoms with van der Waals surface area (Å²) in [6.07, 6.45) is 4.71. The first-order valence-corrected chi connectivity index (χ1v) is 8.86. The Hall–Kier alpha value is -2.10. The summed E-state index contributed by atoms with van der Waals surface area (Å²) in [5.74, 6) is 0.658. The van der Waals surface area contributed by atoms with E-state index in [0.29, 0.717) is 19.0 Å². The quantitative estimate of drug-likeness (QED) is 0.342. The molecular weight excluding hydrogens is 455 g/mol. The Morgan fingerprint density at radius 1 is 1.19 bits per heavy atom. The standard InChI is InChI=1S/C19H28N6O.HI/c1-4-10-20-19(22-14-18(26)24(2)3)21-13-16-8-5-6-9-17(16)15-25-12-7-11-23-25;/h5-9,11-12H,4,10,13-15H2,1-3H3,(H2,20,21,22);1H. The molecule has 2 rings (SSSR count). The van der Waals surface area contributed by atoms with Gasteiger partial charge in [0.25, 0.3) is 0 Å². The highest BCUT2D eigenvalue weighted by Crippen LogP contribution is 2.11. The molecule has 0 saturated carbocycles. The predicted octanol–water partition coefficient (Wildman–Crippen LogP) is 2.08. The summed E-state index contributed by atoms with van der Waals surface area (Å²) in [7, 11) is 3.48. The smallest absolute Gasteiger partial charge is 0.241 e. The van der Waals surface area contributed by atoms with Gasteiger partial charge in [0.1, 0.15) is 0 Å². The van der Waals surface area contributed by atoms with Crippen LogP contribution in [0.15, 0.2) is 47.7 Å². The maximum Gasteiger partial charge on any atom is 0.241 e. The fourth-order valence-electron chi connectivity index (χ4n) is 2.33. The van der Waals surface area contributed by atoms with Crippen molar-refractivity contribution >= 4 is 35.8 Å². The van der Waals surface area contributed by atoms with Gasteiger partial charge in [0.2, 0.25) is 5.91 Å². The van der Waals surface area contributed by atoms with Gasteiger partial charge in [-0.1, -0.05) is 31.2 Å². The molecule has 8 heteroatoms. The lowest BCUT2D eigenvalue weighted by atomic mass is 10.1. The van der Waals surface area contributed by atoms with Gasteiger partial charge in [0.15, 0.2) is 5.96 Å². The normalized spacial score (nSPS) is 10.9. The average molecular weight is 484 g/mol. The highest BCUT2D eigenvalue weighted by atomic mass is 127. The SMILES string of the molecule is CCCNC(=NCc1ccccc1Cn1cccn1)NCC(=O)N(C)C.I. The van der Waals surface area contributed by atoms with Crippen molar-refractivity contribution in [1.29, 1.82) is 0 Å². The number of carbonyl (C=O) groups excluding carboxylic acids is 1. The lowest BCUT2D eigenvalue weighted by Gasteiger charge is -2.15. The zero-order valence-electron chi connectivity index (χ0n) is 16.2. The van der Waals surface area contributed by atoms with E-state index in [4.69, 9.17) is 0 Å². The number of rotatable bonds is 8. The molecular formula is C19H29IN6O. The van der Waals surface area contributed by atoms with Gasteiger partial charge in [-0.25, -0.2) is 4.99 Å². The Balaban J connectivity index is 0.00000364. The number of amides is 1. The van der Waals surface area contributed by atoms with Gasteiger partial charge in [0, 0.05) is 33.0 Å². The van der Waals surface area contributed by atoms with Gasteiger partial charge >= 0.3 is 0 Å². The van der Waals surface area contributed by atoms with Crippen LogP contribution in [0.2, 0.25) is 0 Å². The minimum Gasteiger partial charge on any atom is -0.356 e. The molecule has 0 atom stereocenters. The van der Waals surface area contributed by atoms with Gasteiger partial charge in [0.05, 0.1) is 19.6 Å². The molecule has 0 unspecified atom stereocenters. The molecule has 0 aliphatic heterocycles. The van der Waals surface area contributed by atoms with E-state index in [0.717, 1.165) is 18.5 Å². The highest BCUT2D eigenvalue weighted by Gasteiger charge is 2.07. The first kappa shape index (κ1) is 22.9. The Kier molecular flexibility index (Phi) is 10.5. The van der Waals surface area contributed by atoms with E-state index in [1.807, 2.05) is 29.1 Å². The summed E-state index contributed by atoms with van der Waals surface area (Å²) in [5, 5.41) is 10.6. The van der Waals surface area contributed by atoms with E-state index in [1.54, 1.807) is 25.2 Å². The van der Waals surface area contributed by atoms with E-state index in [2.05, 4.69) is 39.8 Å². The first-order chi connectivity index (χ1) is 12.6. The molecule has 0 aliphatic rings. The van der Waals surface area contributed by atoms with Crippen molar-refractivity contribution in [2.24, 2.45) is 4.99 Å². The Morgan fingerprint density at radius 3 is 2.56 bits per heavy atom. The molecule has 2 aromatic rings. The van der Waals surface area contributed by atoms with Crippen LogP contribution in [0.25, 0.3) is 0 Å². The maximum atomic E-state index is 11.8. The van der Waals surface area contributed by atoms with Crippen LogP contribution in [0, 0.1) is 0 Å². The number of hydrogen-bond acceptors (Lipinski definition) is 3. The molecule has 0 saturated heterocycles. The van der Waals surface area contributed by atoms with Crippen molar-refractivity contribution in [2.75, 3.05) is 27.2 Å². The van der Waals surface area contributed by atoms with Crippen LogP contribution in [-0.4, -0.2) is 53.7 Å². The summed E-state index contributed by atoms with van der Waals surface area (Å²) in [5.41, 5.74) is 2.32. The second-order valence-corrected chi connectivity index (χ2v) is 6.21. The number of nitrogens with one attached hydrogen (secondary N) is 2. The summed E-state index contributed by atoms with van der Waals surface area (Å²) in [6.45, 7) is 4.36. The van der Waals surface area contributed by atoms with E-state index < -0.39 is 0 Å². The summed E-state index contributed by atoms with van der Waals surface area (Å²) >= 11 is 0. The Morgan fingerprint density at radius 2 is 1.93 bits per heavy atom. The molecule has 0 bridgehead atoms. The minimum atomic E-state index is 0. The summed E-state index contributed by atoms with van der Waals surface area (Å²) < 4.78 is 1.90. The average Bonchev–Trinajstić information content (AvgIpc) is 3.15. The number of halogens is 1. The fourth-order valence-corrected chi connectivity index (χ4v) is 2.33. The Labute approximate surface area is 178 Å². The summed E-state index contributed by atoms with van der Waals surface area (Å²) in [4.78, 5) is 18.0. The molecule has 0 radical (unpaired) electrons. The number of aliphatic imine (C=N–C) groups is 1. The topological polar surface area (TPSA) is 74.5 Å². The molecule has 0 spiro atoms. The van der Waals surface area contributed by atoms with Crippen molar-refractivity contribution in [3.8, 4) is 0 Å². The molecule has 1 aromatic heterocycles. The van der Waals surface area contributed by atoms with Gasteiger partial charge in [-0.15, -0.1) is 24.0 Å². The largest absolute Gasteiger partial charge is 0.356 e. The van der Waals surface area contributed by atoms with E-state index in [-0.39, 0.29) is 36.4 Å². The fraction of sp³-hybridized carbons (Fsp3) is 0.421. The van der Waals surface area contributed by atoms with Gasteiger partial charge < -0.3 is 15.5 Å². The number of hydrogen-bond donors (Lipinski definition) is 2. The van der Waals surface area contributed by atoms with Gasteiger partial charge in [-0.2, -0.15) is 5.10 Å². The number of aromatic nitrogens is 2. The number of guanidine groups is 1. The zero-order valence-corrected chi connectivity index (χ0v) is 18.5. The van der Waals surface area contributed by atoms with Crippen LogP contribution >= 0.6 is 24.0 Å². The Bertz CT molecular complexity index is 715. The second kappa shape index (κ2) is 12.3. The molecule has 1 aromatic carbocycles.